The molecule has 0 saturated carbocycles. The van der Waals surface area contributed by atoms with Gasteiger partial charge in [-0.3, -0.25) is 4.79 Å². The molecule has 10 heteroatoms. The van der Waals surface area contributed by atoms with Gasteiger partial charge in [0.2, 0.25) is 21.8 Å². The Hall–Kier alpha value is -1.81. The number of benzene rings is 1. The Morgan fingerprint density at radius 1 is 1.26 bits per heavy atom. The molecule has 0 bridgehead atoms. The molecule has 0 aliphatic rings. The van der Waals surface area contributed by atoms with Crippen molar-refractivity contribution in [1.82, 2.24) is 9.71 Å². The smallest absolute Gasteiger partial charge is 0.242 e. The molecule has 1 amide bonds. The zero-order valence-corrected chi connectivity index (χ0v) is 17.2. The number of hydrogen-bond acceptors (Lipinski definition) is 6. The van der Waals surface area contributed by atoms with E-state index in [0.717, 1.165) is 0 Å². The topological polar surface area (TPSA) is 97.4 Å². The van der Waals surface area contributed by atoms with Crippen LogP contribution in [0.1, 0.15) is 6.42 Å². The lowest BCUT2D eigenvalue weighted by molar-refractivity contribution is -0.117. The molecule has 1 aromatic heterocycles. The fraction of sp³-hybridized carbons (Fsp3) is 0.294. The number of carbonyl (C=O) groups excluding carboxylic acids is 1. The van der Waals surface area contributed by atoms with Crippen LogP contribution in [0, 0.1) is 0 Å². The third kappa shape index (κ3) is 6.39. The minimum Gasteiger partial charge on any atom is -0.481 e. The standard InChI is InChI=1S/C17H20ClN3O4S2/c1-25-16-8-5-13(11-19-16)20-17(22)15(9-10-26-2)21-27(23,24)14-6-3-12(18)4-7-14/h3-8,11,15,21H,9-10H2,1-2H3,(H,20,22). The van der Waals surface area contributed by atoms with E-state index in [0.29, 0.717) is 28.8 Å². The Labute approximate surface area is 167 Å². The van der Waals surface area contributed by atoms with Gasteiger partial charge in [0.15, 0.2) is 0 Å². The van der Waals surface area contributed by atoms with Crippen LogP contribution in [-0.2, 0) is 14.8 Å². The summed E-state index contributed by atoms with van der Waals surface area (Å²) < 4.78 is 32.6. The first-order chi connectivity index (χ1) is 12.9. The SMILES string of the molecule is COc1ccc(NC(=O)C(CCSC)NS(=O)(=O)c2ccc(Cl)cc2)cn1. The first kappa shape index (κ1) is 21.5. The maximum absolute atomic E-state index is 12.6. The van der Waals surface area contributed by atoms with Crippen molar-refractivity contribution in [2.75, 3.05) is 24.4 Å². The molecule has 146 valence electrons. The molecule has 1 aromatic carbocycles. The molecule has 0 spiro atoms. The highest BCUT2D eigenvalue weighted by Gasteiger charge is 2.25. The molecule has 1 atom stereocenters. The molecule has 2 N–H and O–H groups in total. The van der Waals surface area contributed by atoms with Gasteiger partial charge in [-0.25, -0.2) is 13.4 Å². The van der Waals surface area contributed by atoms with E-state index in [4.69, 9.17) is 16.3 Å². The highest BCUT2D eigenvalue weighted by molar-refractivity contribution is 7.98. The minimum absolute atomic E-state index is 0.0416. The van der Waals surface area contributed by atoms with Crippen molar-refractivity contribution in [2.24, 2.45) is 0 Å². The van der Waals surface area contributed by atoms with E-state index >= 15 is 0 Å². The third-order valence-corrected chi connectivity index (χ3v) is 5.95. The number of carbonyl (C=O) groups is 1. The lowest BCUT2D eigenvalue weighted by Gasteiger charge is -2.18. The van der Waals surface area contributed by atoms with Crippen LogP contribution in [-0.4, -0.2) is 44.5 Å². The average Bonchev–Trinajstić information content (AvgIpc) is 2.66. The van der Waals surface area contributed by atoms with Crippen LogP contribution >= 0.6 is 23.4 Å². The third-order valence-electron chi connectivity index (χ3n) is 3.56. The molecule has 0 fully saturated rings. The number of pyridine rings is 1. The van der Waals surface area contributed by atoms with Gasteiger partial charge < -0.3 is 10.1 Å². The van der Waals surface area contributed by atoms with E-state index in [2.05, 4.69) is 15.0 Å². The van der Waals surface area contributed by atoms with Crippen molar-refractivity contribution in [3.8, 4) is 5.88 Å². The Morgan fingerprint density at radius 3 is 2.52 bits per heavy atom. The molecule has 0 aliphatic carbocycles. The lowest BCUT2D eigenvalue weighted by atomic mass is 10.2. The summed E-state index contributed by atoms with van der Waals surface area (Å²) in [6, 6.07) is 8.04. The van der Waals surface area contributed by atoms with Crippen LogP contribution in [0.2, 0.25) is 5.02 Å². The first-order valence-corrected chi connectivity index (χ1v) is 11.2. The Balaban J connectivity index is 2.14. The predicted molar refractivity (Wildman–Crippen MR) is 108 cm³/mol. The van der Waals surface area contributed by atoms with Crippen molar-refractivity contribution in [3.63, 3.8) is 0 Å². The number of hydrogen-bond donors (Lipinski definition) is 2. The summed E-state index contributed by atoms with van der Waals surface area (Å²) in [6.45, 7) is 0. The molecule has 1 unspecified atom stereocenters. The molecule has 1 heterocycles. The van der Waals surface area contributed by atoms with Crippen molar-refractivity contribution in [2.45, 2.75) is 17.4 Å². The lowest BCUT2D eigenvalue weighted by Crippen LogP contribution is -2.44. The fourth-order valence-electron chi connectivity index (χ4n) is 2.15. The molecule has 0 saturated heterocycles. The quantitative estimate of drug-likeness (QED) is 0.636. The fourth-order valence-corrected chi connectivity index (χ4v) is 3.98. The van der Waals surface area contributed by atoms with Crippen molar-refractivity contribution < 1.29 is 17.9 Å². The number of nitrogens with one attached hydrogen (secondary N) is 2. The first-order valence-electron chi connectivity index (χ1n) is 7.93. The van der Waals surface area contributed by atoms with Gasteiger partial charge in [-0.15, -0.1) is 0 Å². The summed E-state index contributed by atoms with van der Waals surface area (Å²) in [5.74, 6) is 0.561. The zero-order valence-electron chi connectivity index (χ0n) is 14.8. The van der Waals surface area contributed by atoms with Gasteiger partial charge >= 0.3 is 0 Å². The van der Waals surface area contributed by atoms with Crippen LogP contribution in [0.3, 0.4) is 0 Å². The second kappa shape index (κ2) is 9.93. The predicted octanol–water partition coefficient (Wildman–Crippen LogP) is 2.78. The number of rotatable bonds is 9. The Morgan fingerprint density at radius 2 is 1.96 bits per heavy atom. The van der Waals surface area contributed by atoms with Crippen molar-refractivity contribution in [3.05, 3.63) is 47.6 Å². The second-order valence-electron chi connectivity index (χ2n) is 5.49. The highest BCUT2D eigenvalue weighted by atomic mass is 35.5. The molecule has 0 radical (unpaired) electrons. The van der Waals surface area contributed by atoms with Crippen molar-refractivity contribution in [1.29, 1.82) is 0 Å². The number of amides is 1. The zero-order chi connectivity index (χ0) is 19.9. The number of methoxy groups -OCH3 is 1. The summed E-state index contributed by atoms with van der Waals surface area (Å²) >= 11 is 7.32. The number of aromatic nitrogens is 1. The Kier molecular flexibility index (Phi) is 7.91. The highest BCUT2D eigenvalue weighted by Crippen LogP contribution is 2.16. The summed E-state index contributed by atoms with van der Waals surface area (Å²) in [7, 11) is -2.38. The maximum atomic E-state index is 12.6. The average molecular weight is 430 g/mol. The van der Waals surface area contributed by atoms with Gasteiger partial charge in [0.25, 0.3) is 0 Å². The number of ether oxygens (including phenoxy) is 1. The van der Waals surface area contributed by atoms with Crippen LogP contribution in [0.4, 0.5) is 5.69 Å². The summed E-state index contributed by atoms with van der Waals surface area (Å²) in [5.41, 5.74) is 0.445. The molecule has 0 aliphatic heterocycles. The van der Waals surface area contributed by atoms with E-state index in [1.165, 1.54) is 49.3 Å². The molecule has 7 nitrogen and oxygen atoms in total. The van der Waals surface area contributed by atoms with E-state index < -0.39 is 22.0 Å². The summed E-state index contributed by atoms with van der Waals surface area (Å²) in [4.78, 5) is 16.7. The van der Waals surface area contributed by atoms with Crippen LogP contribution in [0.5, 0.6) is 5.88 Å². The van der Waals surface area contributed by atoms with Gasteiger partial charge in [0.05, 0.1) is 23.9 Å². The van der Waals surface area contributed by atoms with Crippen LogP contribution < -0.4 is 14.8 Å². The van der Waals surface area contributed by atoms with E-state index in [1.54, 1.807) is 12.1 Å². The monoisotopic (exact) mass is 429 g/mol. The summed E-state index contributed by atoms with van der Waals surface area (Å²) in [6.07, 6.45) is 3.66. The van der Waals surface area contributed by atoms with Gasteiger partial charge in [-0.05, 0) is 48.8 Å². The number of sulfonamides is 1. The largest absolute Gasteiger partial charge is 0.481 e. The van der Waals surface area contributed by atoms with Crippen molar-refractivity contribution >= 4 is 45.0 Å². The molecule has 2 rings (SSSR count). The number of halogens is 1. The number of nitrogens with zero attached hydrogens (tertiary/aromatic N) is 1. The minimum atomic E-state index is -3.87. The molecule has 2 aromatic rings. The van der Waals surface area contributed by atoms with Crippen LogP contribution in [0.15, 0.2) is 47.5 Å². The van der Waals surface area contributed by atoms with E-state index in [9.17, 15) is 13.2 Å². The Bertz CT molecular complexity index is 859. The van der Waals surface area contributed by atoms with E-state index in [1.807, 2.05) is 6.26 Å². The normalized spacial score (nSPS) is 12.4. The molecular formula is C17H20ClN3O4S2. The number of anilines is 1. The van der Waals surface area contributed by atoms with Gasteiger partial charge in [-0.2, -0.15) is 16.5 Å². The molecular weight excluding hydrogens is 410 g/mol. The molecule has 27 heavy (non-hydrogen) atoms. The van der Waals surface area contributed by atoms with E-state index in [-0.39, 0.29) is 4.90 Å². The van der Waals surface area contributed by atoms with Gasteiger partial charge in [0, 0.05) is 11.1 Å². The van der Waals surface area contributed by atoms with Gasteiger partial charge in [-0.1, -0.05) is 11.6 Å². The maximum Gasteiger partial charge on any atom is 0.242 e. The van der Waals surface area contributed by atoms with Crippen LogP contribution in [0.25, 0.3) is 0 Å². The summed E-state index contributed by atoms with van der Waals surface area (Å²) in [5, 5.41) is 3.10. The second-order valence-corrected chi connectivity index (χ2v) is 8.62. The number of thioether (sulfide) groups is 1. The van der Waals surface area contributed by atoms with Gasteiger partial charge in [0.1, 0.15) is 6.04 Å².